The number of piperidine rings is 1. The lowest BCUT2D eigenvalue weighted by molar-refractivity contribution is 0.181. The predicted molar refractivity (Wildman–Crippen MR) is 71.5 cm³/mol. The SMILES string of the molecule is CC1(C)CCCNC1CNS(=O)(=O)C(C)(C)C. The van der Waals surface area contributed by atoms with Crippen LogP contribution >= 0.6 is 0 Å². The van der Waals surface area contributed by atoms with Crippen LogP contribution in [0.15, 0.2) is 0 Å². The van der Waals surface area contributed by atoms with Crippen molar-refractivity contribution in [3.8, 4) is 0 Å². The summed E-state index contributed by atoms with van der Waals surface area (Å²) in [6.07, 6.45) is 2.30. The Kier molecular flexibility index (Phi) is 4.27. The molecule has 1 atom stereocenters. The molecule has 1 unspecified atom stereocenters. The van der Waals surface area contributed by atoms with Gasteiger partial charge < -0.3 is 5.32 Å². The molecule has 1 rings (SSSR count). The Morgan fingerprint density at radius 3 is 2.41 bits per heavy atom. The molecule has 0 aliphatic carbocycles. The van der Waals surface area contributed by atoms with Crippen molar-refractivity contribution in [2.45, 2.75) is 58.2 Å². The average Bonchev–Trinajstić information content (AvgIpc) is 2.13. The lowest BCUT2D eigenvalue weighted by Crippen LogP contribution is -2.54. The van der Waals surface area contributed by atoms with Crippen LogP contribution < -0.4 is 10.0 Å². The molecule has 0 bridgehead atoms. The van der Waals surface area contributed by atoms with Crippen LogP contribution in [0.25, 0.3) is 0 Å². The highest BCUT2D eigenvalue weighted by atomic mass is 32.2. The molecule has 1 aliphatic rings. The largest absolute Gasteiger partial charge is 0.312 e. The third-order valence-electron chi connectivity index (χ3n) is 3.62. The summed E-state index contributed by atoms with van der Waals surface area (Å²) >= 11 is 0. The van der Waals surface area contributed by atoms with E-state index in [9.17, 15) is 8.42 Å². The second-order valence-electron chi connectivity index (χ2n) is 6.56. The summed E-state index contributed by atoms with van der Waals surface area (Å²) in [7, 11) is -3.24. The van der Waals surface area contributed by atoms with E-state index in [1.165, 1.54) is 0 Å². The zero-order chi connectivity index (χ0) is 13.3. The van der Waals surface area contributed by atoms with Crippen LogP contribution in [0.4, 0.5) is 0 Å². The standard InChI is InChI=1S/C12H26N2O2S/c1-11(2,3)17(15,16)14-9-10-12(4,5)7-6-8-13-10/h10,13-14H,6-9H2,1-5H3. The Morgan fingerprint density at radius 2 is 1.94 bits per heavy atom. The molecule has 102 valence electrons. The molecule has 4 nitrogen and oxygen atoms in total. The maximum Gasteiger partial charge on any atom is 0.216 e. The Bertz CT molecular complexity index is 355. The van der Waals surface area contributed by atoms with Gasteiger partial charge in [0.15, 0.2) is 0 Å². The summed E-state index contributed by atoms with van der Waals surface area (Å²) in [5.41, 5.74) is 0.151. The zero-order valence-electron chi connectivity index (χ0n) is 11.6. The van der Waals surface area contributed by atoms with Crippen LogP contribution in [0.2, 0.25) is 0 Å². The van der Waals surface area contributed by atoms with Crippen molar-refractivity contribution in [2.75, 3.05) is 13.1 Å². The number of rotatable bonds is 3. The molecule has 0 saturated carbocycles. The minimum absolute atomic E-state index is 0.151. The van der Waals surface area contributed by atoms with Gasteiger partial charge in [-0.05, 0) is 45.6 Å². The van der Waals surface area contributed by atoms with E-state index < -0.39 is 14.8 Å². The molecule has 17 heavy (non-hydrogen) atoms. The number of hydrogen-bond donors (Lipinski definition) is 2. The van der Waals surface area contributed by atoms with Gasteiger partial charge >= 0.3 is 0 Å². The van der Waals surface area contributed by atoms with E-state index in [2.05, 4.69) is 23.9 Å². The van der Waals surface area contributed by atoms with E-state index in [-0.39, 0.29) is 11.5 Å². The van der Waals surface area contributed by atoms with Crippen molar-refractivity contribution in [3.05, 3.63) is 0 Å². The Balaban J connectivity index is 2.62. The summed E-state index contributed by atoms with van der Waals surface area (Å²) in [4.78, 5) is 0. The first kappa shape index (κ1) is 14.9. The van der Waals surface area contributed by atoms with E-state index in [0.717, 1.165) is 19.4 Å². The second-order valence-corrected chi connectivity index (χ2v) is 9.08. The van der Waals surface area contributed by atoms with Gasteiger partial charge in [-0.25, -0.2) is 13.1 Å². The second kappa shape index (κ2) is 4.86. The Labute approximate surface area is 106 Å². The summed E-state index contributed by atoms with van der Waals surface area (Å²) in [5.74, 6) is 0. The normalized spacial score (nSPS) is 25.8. The Hall–Kier alpha value is -0.130. The molecule has 1 heterocycles. The molecule has 0 spiro atoms. The van der Waals surface area contributed by atoms with Crippen molar-refractivity contribution in [1.29, 1.82) is 0 Å². The van der Waals surface area contributed by atoms with Crippen LogP contribution in [-0.4, -0.2) is 32.3 Å². The lowest BCUT2D eigenvalue weighted by atomic mass is 9.78. The van der Waals surface area contributed by atoms with Crippen LogP contribution in [0.3, 0.4) is 0 Å². The molecule has 0 amide bonds. The first-order chi connectivity index (χ1) is 7.56. The van der Waals surface area contributed by atoms with Crippen molar-refractivity contribution >= 4 is 10.0 Å². The third-order valence-corrected chi connectivity index (χ3v) is 5.77. The third kappa shape index (κ3) is 3.66. The quantitative estimate of drug-likeness (QED) is 0.810. The summed E-state index contributed by atoms with van der Waals surface area (Å²) in [6, 6.07) is 0.216. The Morgan fingerprint density at radius 1 is 1.35 bits per heavy atom. The van der Waals surface area contributed by atoms with E-state index in [1.807, 2.05) is 0 Å². The molecular formula is C12H26N2O2S. The van der Waals surface area contributed by atoms with Crippen LogP contribution in [0, 0.1) is 5.41 Å². The highest BCUT2D eigenvalue weighted by molar-refractivity contribution is 7.90. The molecule has 1 aliphatic heterocycles. The molecule has 0 aromatic heterocycles. The van der Waals surface area contributed by atoms with Gasteiger partial charge in [0, 0.05) is 12.6 Å². The molecule has 0 aromatic rings. The maximum absolute atomic E-state index is 12.0. The van der Waals surface area contributed by atoms with Gasteiger partial charge in [0.2, 0.25) is 10.0 Å². The van der Waals surface area contributed by atoms with Crippen LogP contribution in [-0.2, 0) is 10.0 Å². The van der Waals surface area contributed by atoms with Gasteiger partial charge in [0.1, 0.15) is 0 Å². The van der Waals surface area contributed by atoms with Crippen LogP contribution in [0.1, 0.15) is 47.5 Å². The molecule has 0 aromatic carbocycles. The monoisotopic (exact) mass is 262 g/mol. The van der Waals surface area contributed by atoms with Crippen molar-refractivity contribution in [1.82, 2.24) is 10.0 Å². The van der Waals surface area contributed by atoms with E-state index in [1.54, 1.807) is 20.8 Å². The van der Waals surface area contributed by atoms with Gasteiger partial charge in [-0.15, -0.1) is 0 Å². The molecule has 5 heteroatoms. The molecule has 2 N–H and O–H groups in total. The molecular weight excluding hydrogens is 236 g/mol. The zero-order valence-corrected chi connectivity index (χ0v) is 12.4. The summed E-state index contributed by atoms with van der Waals surface area (Å²) in [6.45, 7) is 11.0. The fourth-order valence-electron chi connectivity index (χ4n) is 2.03. The van der Waals surface area contributed by atoms with Gasteiger partial charge in [-0.1, -0.05) is 13.8 Å². The minimum atomic E-state index is -3.24. The van der Waals surface area contributed by atoms with Gasteiger partial charge in [0.05, 0.1) is 4.75 Å². The summed E-state index contributed by atoms with van der Waals surface area (Å²) < 4.78 is 25.9. The molecule has 1 saturated heterocycles. The topological polar surface area (TPSA) is 58.2 Å². The maximum atomic E-state index is 12.0. The van der Waals surface area contributed by atoms with Gasteiger partial charge in [-0.3, -0.25) is 0 Å². The number of sulfonamides is 1. The van der Waals surface area contributed by atoms with Crippen molar-refractivity contribution in [2.24, 2.45) is 5.41 Å². The summed E-state index contributed by atoms with van der Waals surface area (Å²) in [5, 5.41) is 3.41. The number of hydrogen-bond acceptors (Lipinski definition) is 3. The molecule has 1 fully saturated rings. The predicted octanol–water partition coefficient (Wildman–Crippen LogP) is 1.48. The van der Waals surface area contributed by atoms with Crippen molar-refractivity contribution in [3.63, 3.8) is 0 Å². The first-order valence-corrected chi connectivity index (χ1v) is 7.77. The highest BCUT2D eigenvalue weighted by Gasteiger charge is 2.35. The fourth-order valence-corrected chi connectivity index (χ4v) is 2.85. The van der Waals surface area contributed by atoms with Crippen LogP contribution in [0.5, 0.6) is 0 Å². The first-order valence-electron chi connectivity index (χ1n) is 6.29. The average molecular weight is 262 g/mol. The van der Waals surface area contributed by atoms with Gasteiger partial charge in [0.25, 0.3) is 0 Å². The minimum Gasteiger partial charge on any atom is -0.312 e. The fraction of sp³-hybridized carbons (Fsp3) is 1.00. The smallest absolute Gasteiger partial charge is 0.216 e. The lowest BCUT2D eigenvalue weighted by Gasteiger charge is -2.39. The van der Waals surface area contributed by atoms with Gasteiger partial charge in [-0.2, -0.15) is 0 Å². The molecule has 0 radical (unpaired) electrons. The van der Waals surface area contributed by atoms with E-state index >= 15 is 0 Å². The van der Waals surface area contributed by atoms with E-state index in [0.29, 0.717) is 6.54 Å². The number of nitrogens with one attached hydrogen (secondary N) is 2. The highest BCUT2D eigenvalue weighted by Crippen LogP contribution is 2.29. The van der Waals surface area contributed by atoms with E-state index in [4.69, 9.17) is 0 Å². The van der Waals surface area contributed by atoms with Crippen molar-refractivity contribution < 1.29 is 8.42 Å².